The number of nitrogens with one attached hydrogen (secondary N) is 1. The third kappa shape index (κ3) is 3.66. The molecule has 112 valence electrons. The molecule has 0 aliphatic heterocycles. The number of anilines is 1. The van der Waals surface area contributed by atoms with Crippen LogP contribution in [-0.2, 0) is 0 Å². The molecule has 0 spiro atoms. The molecule has 0 aromatic heterocycles. The molecule has 0 atom stereocenters. The second kappa shape index (κ2) is 6.49. The van der Waals surface area contributed by atoms with Gasteiger partial charge in [-0.25, -0.2) is 5.43 Å². The van der Waals surface area contributed by atoms with Crippen molar-refractivity contribution in [3.63, 3.8) is 0 Å². The maximum Gasteiger partial charge on any atom is 0.271 e. The molecule has 0 radical (unpaired) electrons. The Hall–Kier alpha value is -3.22. The van der Waals surface area contributed by atoms with Crippen LogP contribution in [-0.4, -0.2) is 16.5 Å². The Morgan fingerprint density at radius 3 is 2.50 bits per heavy atom. The number of nitro groups is 1. The third-order valence-electron chi connectivity index (χ3n) is 2.97. The lowest BCUT2D eigenvalue weighted by Crippen LogP contribution is -2.19. The van der Waals surface area contributed by atoms with Gasteiger partial charge in [-0.3, -0.25) is 14.9 Å². The SMILES string of the molecule is C/C(=N\NC(=O)c1cccc([N+](=O)[O-])c1)c1ccc(N)cc1. The minimum atomic E-state index is -0.556. The number of carbonyl (C=O) groups excluding carboxylic acids is 1. The quantitative estimate of drug-likeness (QED) is 0.390. The average molecular weight is 298 g/mol. The fourth-order valence-electron chi connectivity index (χ4n) is 1.75. The Morgan fingerprint density at radius 2 is 1.86 bits per heavy atom. The van der Waals surface area contributed by atoms with Crippen molar-refractivity contribution in [1.82, 2.24) is 5.43 Å². The van der Waals surface area contributed by atoms with Gasteiger partial charge in [-0.05, 0) is 30.7 Å². The van der Waals surface area contributed by atoms with Crippen LogP contribution in [0.2, 0.25) is 0 Å². The van der Waals surface area contributed by atoms with Crippen LogP contribution >= 0.6 is 0 Å². The maximum atomic E-state index is 11.9. The number of hydrogen-bond donors (Lipinski definition) is 2. The lowest BCUT2D eigenvalue weighted by Gasteiger charge is -2.03. The zero-order valence-electron chi connectivity index (χ0n) is 11.8. The van der Waals surface area contributed by atoms with Crippen LogP contribution in [0.3, 0.4) is 0 Å². The molecule has 0 unspecified atom stereocenters. The standard InChI is InChI=1S/C15H14N4O3/c1-10(11-5-7-13(16)8-6-11)17-18-15(20)12-3-2-4-14(9-12)19(21)22/h2-9H,16H2,1H3,(H,18,20)/b17-10+. The second-order valence-corrected chi connectivity index (χ2v) is 4.57. The molecule has 3 N–H and O–H groups in total. The van der Waals surface area contributed by atoms with Crippen molar-refractivity contribution in [3.8, 4) is 0 Å². The number of nitrogens with zero attached hydrogens (tertiary/aromatic N) is 2. The van der Waals surface area contributed by atoms with Gasteiger partial charge in [0.25, 0.3) is 11.6 Å². The summed E-state index contributed by atoms with van der Waals surface area (Å²) in [5.74, 6) is -0.515. The summed E-state index contributed by atoms with van der Waals surface area (Å²) >= 11 is 0. The van der Waals surface area contributed by atoms with Gasteiger partial charge in [0.15, 0.2) is 0 Å². The first kappa shape index (κ1) is 15.2. The van der Waals surface area contributed by atoms with E-state index in [0.29, 0.717) is 11.4 Å². The van der Waals surface area contributed by atoms with Crippen LogP contribution < -0.4 is 11.2 Å². The maximum absolute atomic E-state index is 11.9. The summed E-state index contributed by atoms with van der Waals surface area (Å²) in [5.41, 5.74) is 10.0. The van der Waals surface area contributed by atoms with E-state index in [1.165, 1.54) is 24.3 Å². The Labute approximate surface area is 126 Å². The van der Waals surface area contributed by atoms with Crippen LogP contribution in [0.25, 0.3) is 0 Å². The fraction of sp³-hybridized carbons (Fsp3) is 0.0667. The molecule has 7 heteroatoms. The van der Waals surface area contributed by atoms with E-state index < -0.39 is 10.8 Å². The smallest absolute Gasteiger partial charge is 0.271 e. The van der Waals surface area contributed by atoms with Crippen molar-refractivity contribution in [2.75, 3.05) is 5.73 Å². The van der Waals surface area contributed by atoms with Gasteiger partial charge >= 0.3 is 0 Å². The van der Waals surface area contributed by atoms with Gasteiger partial charge < -0.3 is 5.73 Å². The molecule has 0 aliphatic carbocycles. The topological polar surface area (TPSA) is 111 Å². The Balaban J connectivity index is 2.11. The molecule has 1 amide bonds. The first-order valence-electron chi connectivity index (χ1n) is 6.42. The highest BCUT2D eigenvalue weighted by atomic mass is 16.6. The monoisotopic (exact) mass is 298 g/mol. The number of amides is 1. The van der Waals surface area contributed by atoms with Crippen molar-refractivity contribution < 1.29 is 9.72 Å². The predicted molar refractivity (Wildman–Crippen MR) is 83.6 cm³/mol. The van der Waals surface area contributed by atoms with E-state index >= 15 is 0 Å². The van der Waals surface area contributed by atoms with Crippen LogP contribution in [0.5, 0.6) is 0 Å². The van der Waals surface area contributed by atoms with E-state index in [2.05, 4.69) is 10.5 Å². The number of hydrogen-bond acceptors (Lipinski definition) is 5. The molecule has 2 aromatic carbocycles. The zero-order chi connectivity index (χ0) is 16.1. The van der Waals surface area contributed by atoms with Gasteiger partial charge in [-0.1, -0.05) is 18.2 Å². The van der Waals surface area contributed by atoms with Crippen molar-refractivity contribution in [2.24, 2.45) is 5.10 Å². The van der Waals surface area contributed by atoms with Crippen LogP contribution in [0.15, 0.2) is 53.6 Å². The van der Waals surface area contributed by atoms with Crippen molar-refractivity contribution in [3.05, 3.63) is 69.8 Å². The molecular weight excluding hydrogens is 284 g/mol. The summed E-state index contributed by atoms with van der Waals surface area (Å²) in [6.07, 6.45) is 0. The van der Waals surface area contributed by atoms with E-state index in [4.69, 9.17) is 5.73 Å². The minimum absolute atomic E-state index is 0.146. The molecule has 0 saturated heterocycles. The van der Waals surface area contributed by atoms with Gasteiger partial charge in [0.2, 0.25) is 0 Å². The molecular formula is C15H14N4O3. The lowest BCUT2D eigenvalue weighted by atomic mass is 10.1. The van der Waals surface area contributed by atoms with Crippen LogP contribution in [0, 0.1) is 10.1 Å². The summed E-state index contributed by atoms with van der Waals surface area (Å²) in [6, 6.07) is 12.5. The van der Waals surface area contributed by atoms with Crippen molar-refractivity contribution >= 4 is 23.0 Å². The fourth-order valence-corrected chi connectivity index (χ4v) is 1.75. The number of non-ortho nitro benzene ring substituents is 1. The molecule has 0 fully saturated rings. The first-order chi connectivity index (χ1) is 10.5. The highest BCUT2D eigenvalue weighted by molar-refractivity contribution is 6.01. The molecule has 0 heterocycles. The normalized spacial score (nSPS) is 11.0. The van der Waals surface area contributed by atoms with Gasteiger partial charge in [0, 0.05) is 23.4 Å². The molecule has 22 heavy (non-hydrogen) atoms. The van der Waals surface area contributed by atoms with E-state index in [9.17, 15) is 14.9 Å². The number of hydrazone groups is 1. The summed E-state index contributed by atoms with van der Waals surface area (Å²) in [5, 5.41) is 14.7. The summed E-state index contributed by atoms with van der Waals surface area (Å²) in [7, 11) is 0. The number of nitrogens with two attached hydrogens (primary N) is 1. The van der Waals surface area contributed by atoms with E-state index in [1.54, 1.807) is 31.2 Å². The third-order valence-corrected chi connectivity index (χ3v) is 2.97. The number of nitro benzene ring substituents is 1. The van der Waals surface area contributed by atoms with Crippen LogP contribution in [0.1, 0.15) is 22.8 Å². The summed E-state index contributed by atoms with van der Waals surface area (Å²) in [6.45, 7) is 1.74. The number of nitrogen functional groups attached to an aromatic ring is 1. The van der Waals surface area contributed by atoms with E-state index in [-0.39, 0.29) is 11.3 Å². The average Bonchev–Trinajstić information content (AvgIpc) is 2.53. The highest BCUT2D eigenvalue weighted by Gasteiger charge is 2.11. The van der Waals surface area contributed by atoms with Gasteiger partial charge in [0.05, 0.1) is 10.6 Å². The van der Waals surface area contributed by atoms with E-state index in [1.807, 2.05) is 0 Å². The number of carbonyl (C=O) groups is 1. The zero-order valence-corrected chi connectivity index (χ0v) is 11.8. The predicted octanol–water partition coefficient (Wildman–Crippen LogP) is 2.33. The Morgan fingerprint density at radius 1 is 1.18 bits per heavy atom. The summed E-state index contributed by atoms with van der Waals surface area (Å²) < 4.78 is 0. The highest BCUT2D eigenvalue weighted by Crippen LogP contribution is 2.13. The first-order valence-corrected chi connectivity index (χ1v) is 6.42. The van der Waals surface area contributed by atoms with Gasteiger partial charge in [-0.15, -0.1) is 0 Å². The summed E-state index contributed by atoms with van der Waals surface area (Å²) in [4.78, 5) is 22.1. The number of rotatable bonds is 4. The molecule has 2 aromatic rings. The minimum Gasteiger partial charge on any atom is -0.399 e. The number of benzene rings is 2. The molecule has 0 aliphatic rings. The molecule has 7 nitrogen and oxygen atoms in total. The van der Waals surface area contributed by atoms with Gasteiger partial charge in [-0.2, -0.15) is 5.10 Å². The van der Waals surface area contributed by atoms with Gasteiger partial charge in [0.1, 0.15) is 0 Å². The largest absolute Gasteiger partial charge is 0.399 e. The Kier molecular flexibility index (Phi) is 4.47. The van der Waals surface area contributed by atoms with Crippen LogP contribution in [0.4, 0.5) is 11.4 Å². The van der Waals surface area contributed by atoms with Crippen molar-refractivity contribution in [1.29, 1.82) is 0 Å². The molecule has 0 saturated carbocycles. The Bertz CT molecular complexity index is 739. The molecule has 2 rings (SSSR count). The van der Waals surface area contributed by atoms with Crippen molar-refractivity contribution in [2.45, 2.75) is 6.92 Å². The second-order valence-electron chi connectivity index (χ2n) is 4.57. The van der Waals surface area contributed by atoms with E-state index in [0.717, 1.165) is 5.56 Å². The molecule has 0 bridgehead atoms. The lowest BCUT2D eigenvalue weighted by molar-refractivity contribution is -0.384.